The number of aromatic amines is 1. The fraction of sp³-hybridized carbons (Fsp3) is 0.250. The molecule has 3 N–H and O–H groups in total. The molecule has 0 saturated carbocycles. The van der Waals surface area contributed by atoms with E-state index in [-0.39, 0.29) is 0 Å². The number of H-pyrrole nitrogens is 1. The van der Waals surface area contributed by atoms with Crippen LogP contribution in [0.1, 0.15) is 5.69 Å². The van der Waals surface area contributed by atoms with Gasteiger partial charge in [0.2, 0.25) is 5.88 Å². The summed E-state index contributed by atoms with van der Waals surface area (Å²) in [5, 5.41) is 0. The molecule has 68 valence electrons. The Morgan fingerprint density at radius 2 is 2.23 bits per heavy atom. The molecule has 2 aromatic rings. The molecular formula is C8H10N4O. The number of aromatic nitrogens is 3. The van der Waals surface area contributed by atoms with Gasteiger partial charge >= 0.3 is 0 Å². The number of hydrogen-bond acceptors (Lipinski definition) is 4. The molecule has 0 unspecified atom stereocenters. The van der Waals surface area contributed by atoms with Gasteiger partial charge in [0.05, 0.1) is 12.6 Å². The number of ether oxygens (including phenoxy) is 1. The maximum absolute atomic E-state index is 5.51. The topological polar surface area (TPSA) is 76.8 Å². The molecule has 0 amide bonds. The summed E-state index contributed by atoms with van der Waals surface area (Å²) in [6, 6.07) is 1.88. The molecule has 2 aromatic heterocycles. The maximum Gasteiger partial charge on any atom is 0.242 e. The van der Waals surface area contributed by atoms with Crippen molar-refractivity contribution in [1.82, 2.24) is 15.0 Å². The van der Waals surface area contributed by atoms with Gasteiger partial charge in [0.1, 0.15) is 0 Å². The van der Waals surface area contributed by atoms with Crippen molar-refractivity contribution in [3.05, 3.63) is 11.8 Å². The molecule has 0 bridgehead atoms. The molecule has 0 aliphatic heterocycles. The van der Waals surface area contributed by atoms with Crippen LogP contribution in [-0.4, -0.2) is 22.1 Å². The first kappa shape index (κ1) is 7.85. The van der Waals surface area contributed by atoms with Crippen molar-refractivity contribution in [2.45, 2.75) is 6.92 Å². The third-order valence-corrected chi connectivity index (χ3v) is 1.78. The highest BCUT2D eigenvalue weighted by atomic mass is 16.5. The SMILES string of the molecule is COc1nc(C)cc2[nH]c(N)nc12. The monoisotopic (exact) mass is 178 g/mol. The van der Waals surface area contributed by atoms with E-state index >= 15 is 0 Å². The number of fused-ring (bicyclic) bond motifs is 1. The zero-order valence-electron chi connectivity index (χ0n) is 7.46. The number of rotatable bonds is 1. The molecule has 0 saturated heterocycles. The van der Waals surface area contributed by atoms with Gasteiger partial charge in [0.15, 0.2) is 11.5 Å². The number of imidazole rings is 1. The number of anilines is 1. The van der Waals surface area contributed by atoms with Gasteiger partial charge in [0, 0.05) is 5.69 Å². The minimum atomic E-state index is 0.376. The molecule has 0 spiro atoms. The average molecular weight is 178 g/mol. The van der Waals surface area contributed by atoms with E-state index in [0.717, 1.165) is 11.2 Å². The van der Waals surface area contributed by atoms with E-state index in [1.165, 1.54) is 0 Å². The summed E-state index contributed by atoms with van der Waals surface area (Å²) >= 11 is 0. The zero-order chi connectivity index (χ0) is 9.42. The summed E-state index contributed by atoms with van der Waals surface area (Å²) in [6.45, 7) is 1.89. The van der Waals surface area contributed by atoms with Crippen LogP contribution >= 0.6 is 0 Å². The third kappa shape index (κ3) is 1.18. The van der Waals surface area contributed by atoms with Crippen LogP contribution in [0.15, 0.2) is 6.07 Å². The van der Waals surface area contributed by atoms with Crippen LogP contribution in [0.5, 0.6) is 5.88 Å². The van der Waals surface area contributed by atoms with Crippen molar-refractivity contribution >= 4 is 17.0 Å². The molecule has 0 aromatic carbocycles. The molecule has 5 nitrogen and oxygen atoms in total. The van der Waals surface area contributed by atoms with Crippen LogP contribution in [0.3, 0.4) is 0 Å². The summed E-state index contributed by atoms with van der Waals surface area (Å²) < 4.78 is 5.07. The summed E-state index contributed by atoms with van der Waals surface area (Å²) in [5.41, 5.74) is 7.90. The van der Waals surface area contributed by atoms with Gasteiger partial charge in [-0.2, -0.15) is 0 Å². The second-order valence-electron chi connectivity index (χ2n) is 2.79. The lowest BCUT2D eigenvalue weighted by Crippen LogP contribution is -1.91. The highest BCUT2D eigenvalue weighted by Crippen LogP contribution is 2.22. The Bertz CT molecular complexity index is 449. The van der Waals surface area contributed by atoms with Crippen molar-refractivity contribution in [3.63, 3.8) is 0 Å². The first-order valence-corrected chi connectivity index (χ1v) is 3.87. The summed E-state index contributed by atoms with van der Waals surface area (Å²) in [7, 11) is 1.56. The number of methoxy groups -OCH3 is 1. The van der Waals surface area contributed by atoms with Crippen molar-refractivity contribution < 1.29 is 4.74 Å². The predicted octanol–water partition coefficient (Wildman–Crippen LogP) is 0.857. The van der Waals surface area contributed by atoms with E-state index in [0.29, 0.717) is 17.3 Å². The molecule has 0 atom stereocenters. The normalized spacial score (nSPS) is 10.6. The van der Waals surface area contributed by atoms with E-state index < -0.39 is 0 Å². The van der Waals surface area contributed by atoms with Gasteiger partial charge in [-0.25, -0.2) is 9.97 Å². The minimum Gasteiger partial charge on any atom is -0.479 e. The van der Waals surface area contributed by atoms with Crippen LogP contribution in [0, 0.1) is 6.92 Å². The molecular weight excluding hydrogens is 168 g/mol. The average Bonchev–Trinajstić information content (AvgIpc) is 2.43. The van der Waals surface area contributed by atoms with Crippen molar-refractivity contribution in [1.29, 1.82) is 0 Å². The Morgan fingerprint density at radius 3 is 2.92 bits per heavy atom. The van der Waals surface area contributed by atoms with Gasteiger partial charge in [-0.1, -0.05) is 0 Å². The van der Waals surface area contributed by atoms with E-state index in [4.69, 9.17) is 10.5 Å². The van der Waals surface area contributed by atoms with E-state index in [2.05, 4.69) is 15.0 Å². The lowest BCUT2D eigenvalue weighted by molar-refractivity contribution is 0.401. The highest BCUT2D eigenvalue weighted by Gasteiger charge is 2.08. The largest absolute Gasteiger partial charge is 0.479 e. The molecule has 0 fully saturated rings. The highest BCUT2D eigenvalue weighted by molar-refractivity contribution is 5.82. The van der Waals surface area contributed by atoms with E-state index in [9.17, 15) is 0 Å². The molecule has 2 rings (SSSR count). The van der Waals surface area contributed by atoms with E-state index in [1.807, 2.05) is 13.0 Å². The third-order valence-electron chi connectivity index (χ3n) is 1.78. The first-order valence-electron chi connectivity index (χ1n) is 3.87. The van der Waals surface area contributed by atoms with Crippen LogP contribution in [-0.2, 0) is 0 Å². The second kappa shape index (κ2) is 2.62. The zero-order valence-corrected chi connectivity index (χ0v) is 7.46. The molecule has 0 radical (unpaired) electrons. The fourth-order valence-corrected chi connectivity index (χ4v) is 1.27. The number of aryl methyl sites for hydroxylation is 1. The minimum absolute atomic E-state index is 0.376. The Kier molecular flexibility index (Phi) is 1.58. The number of pyridine rings is 1. The van der Waals surface area contributed by atoms with Gasteiger partial charge in [-0.05, 0) is 13.0 Å². The van der Waals surface area contributed by atoms with Crippen molar-refractivity contribution in [3.8, 4) is 5.88 Å². The Morgan fingerprint density at radius 1 is 1.46 bits per heavy atom. The molecule has 0 aliphatic carbocycles. The van der Waals surface area contributed by atoms with Crippen LogP contribution in [0.4, 0.5) is 5.95 Å². The van der Waals surface area contributed by atoms with Gasteiger partial charge < -0.3 is 15.5 Å². The van der Waals surface area contributed by atoms with Crippen molar-refractivity contribution in [2.75, 3.05) is 12.8 Å². The van der Waals surface area contributed by atoms with Gasteiger partial charge in [0.25, 0.3) is 0 Å². The molecule has 0 aliphatic rings. The van der Waals surface area contributed by atoms with E-state index in [1.54, 1.807) is 7.11 Å². The van der Waals surface area contributed by atoms with Crippen LogP contribution in [0.2, 0.25) is 0 Å². The summed E-state index contributed by atoms with van der Waals surface area (Å²) in [4.78, 5) is 11.2. The Labute approximate surface area is 74.9 Å². The lowest BCUT2D eigenvalue weighted by Gasteiger charge is -1.99. The second-order valence-corrected chi connectivity index (χ2v) is 2.79. The summed E-state index contributed by atoms with van der Waals surface area (Å²) in [6.07, 6.45) is 0. The maximum atomic E-state index is 5.51. The number of hydrogen-bond donors (Lipinski definition) is 2. The van der Waals surface area contributed by atoms with Gasteiger partial charge in [-0.3, -0.25) is 0 Å². The Balaban J connectivity index is 2.80. The van der Waals surface area contributed by atoms with Crippen molar-refractivity contribution in [2.24, 2.45) is 0 Å². The number of nitrogen functional groups attached to an aromatic ring is 1. The summed E-state index contributed by atoms with van der Waals surface area (Å²) in [5.74, 6) is 0.878. The number of nitrogens with two attached hydrogens (primary N) is 1. The molecule has 2 heterocycles. The van der Waals surface area contributed by atoms with Gasteiger partial charge in [-0.15, -0.1) is 0 Å². The lowest BCUT2D eigenvalue weighted by atomic mass is 10.3. The fourth-order valence-electron chi connectivity index (χ4n) is 1.27. The quantitative estimate of drug-likeness (QED) is 0.678. The molecule has 13 heavy (non-hydrogen) atoms. The first-order chi connectivity index (χ1) is 6.20. The predicted molar refractivity (Wildman–Crippen MR) is 49.6 cm³/mol. The number of nitrogens with zero attached hydrogens (tertiary/aromatic N) is 2. The number of nitrogens with one attached hydrogen (secondary N) is 1. The van der Waals surface area contributed by atoms with Crippen LogP contribution < -0.4 is 10.5 Å². The van der Waals surface area contributed by atoms with Crippen LogP contribution in [0.25, 0.3) is 11.0 Å². The smallest absolute Gasteiger partial charge is 0.242 e. The molecule has 5 heteroatoms. The Hall–Kier alpha value is -1.78. The standard InChI is InChI=1S/C8H10N4O/c1-4-3-5-6(7(10-4)13-2)12-8(9)11-5/h3H,1-2H3,(H3,9,11,12).